The van der Waals surface area contributed by atoms with E-state index in [2.05, 4.69) is 0 Å². The van der Waals surface area contributed by atoms with E-state index in [1.807, 2.05) is 9.80 Å². The quantitative estimate of drug-likeness (QED) is 0.0342. The summed E-state index contributed by atoms with van der Waals surface area (Å²) in [5.74, 6) is -6.02. The normalized spacial score (nSPS) is 29.2. The summed E-state index contributed by atoms with van der Waals surface area (Å²) >= 11 is 12.1. The van der Waals surface area contributed by atoms with E-state index in [4.69, 9.17) is 50.5 Å². The molecule has 0 spiro atoms. The summed E-state index contributed by atoms with van der Waals surface area (Å²) in [4.78, 5) is 83.2. The molecule has 0 amide bonds. The molecule has 0 radical (unpaired) electrons. The molecule has 11 rings (SSSR count). The number of hydrogen-bond donors (Lipinski definition) is 6. The highest BCUT2D eigenvalue weighted by atomic mass is 35.5. The van der Waals surface area contributed by atoms with E-state index in [9.17, 15) is 76.2 Å². The van der Waals surface area contributed by atoms with Gasteiger partial charge in [-0.2, -0.15) is 16.8 Å². The number of Topliss-reactive ketones (excluding diaryl/α,β-unsaturated/α-hetero) is 2. The van der Waals surface area contributed by atoms with Crippen molar-refractivity contribution in [2.24, 2.45) is 0 Å². The highest BCUT2D eigenvalue weighted by Gasteiger charge is 2.53. The lowest BCUT2D eigenvalue weighted by Gasteiger charge is -2.46. The van der Waals surface area contributed by atoms with E-state index in [0.29, 0.717) is 13.1 Å². The van der Waals surface area contributed by atoms with Crippen molar-refractivity contribution in [3.05, 3.63) is 115 Å². The minimum Gasteiger partial charge on any atom is -0.507 e. The molecule has 4 aromatic carbocycles. The maximum absolute atomic E-state index is 13.6. The van der Waals surface area contributed by atoms with Crippen molar-refractivity contribution in [2.45, 2.75) is 139 Å². The largest absolute Gasteiger partial charge is 0.507 e. The number of alkyl halides is 2. The maximum Gasteiger partial charge on any atom is 0.264 e. The Balaban J connectivity index is 0.000000195. The first-order chi connectivity index (χ1) is 41.3. The number of hydrogen-bond acceptors (Lipinski definition) is 24. The van der Waals surface area contributed by atoms with E-state index in [0.717, 1.165) is 25.6 Å². The van der Waals surface area contributed by atoms with Crippen LogP contribution in [0.25, 0.3) is 0 Å². The van der Waals surface area contributed by atoms with Gasteiger partial charge in [0.25, 0.3) is 20.2 Å². The molecular formula is C60H66Cl2N2O22S2. The van der Waals surface area contributed by atoms with Crippen molar-refractivity contribution in [1.82, 2.24) is 9.80 Å². The van der Waals surface area contributed by atoms with E-state index in [1.54, 1.807) is 38.1 Å². The van der Waals surface area contributed by atoms with Gasteiger partial charge in [-0.05, 0) is 27.7 Å². The molecule has 88 heavy (non-hydrogen) atoms. The zero-order valence-corrected chi connectivity index (χ0v) is 51.7. The molecule has 7 aliphatic rings. The molecule has 3 aliphatic heterocycles. The van der Waals surface area contributed by atoms with Crippen LogP contribution in [-0.2, 0) is 70.0 Å². The first-order valence-electron chi connectivity index (χ1n) is 28.3. The highest BCUT2D eigenvalue weighted by molar-refractivity contribution is 7.86. The fourth-order valence-electron chi connectivity index (χ4n) is 13.2. The number of rotatable bonds is 16. The second kappa shape index (κ2) is 24.4. The third kappa shape index (κ3) is 12.2. The van der Waals surface area contributed by atoms with Crippen LogP contribution >= 0.6 is 23.2 Å². The Kier molecular flexibility index (Phi) is 18.1. The van der Waals surface area contributed by atoms with E-state index >= 15 is 0 Å². The summed E-state index contributed by atoms with van der Waals surface area (Å²) in [6, 6.07) is 11.1. The average Bonchev–Trinajstić information content (AvgIpc) is 1.02. The topological polar surface area (TPSA) is 354 Å². The Bertz CT molecular complexity index is 3800. The summed E-state index contributed by atoms with van der Waals surface area (Å²) in [5, 5.41) is 68.8. The predicted molar refractivity (Wildman–Crippen MR) is 311 cm³/mol. The van der Waals surface area contributed by atoms with Crippen LogP contribution in [0.3, 0.4) is 0 Å². The molecule has 3 fully saturated rings. The van der Waals surface area contributed by atoms with Crippen LogP contribution in [-0.4, -0.2) is 203 Å². The van der Waals surface area contributed by atoms with Gasteiger partial charge in [0.05, 0.1) is 59.2 Å². The van der Waals surface area contributed by atoms with Crippen LogP contribution in [0.5, 0.6) is 23.0 Å². The Morgan fingerprint density at radius 1 is 0.602 bits per heavy atom. The average molecular weight is 1300 g/mol. The maximum atomic E-state index is 13.6. The van der Waals surface area contributed by atoms with Crippen LogP contribution in [0.15, 0.2) is 48.5 Å². The minimum absolute atomic E-state index is 0.0190. The monoisotopic (exact) mass is 1300 g/mol. The summed E-state index contributed by atoms with van der Waals surface area (Å²) in [5.41, 5.74) is -5.75. The fraction of sp³-hybridized carbons (Fsp3) is 0.500. The predicted octanol–water partition coefficient (Wildman–Crippen LogP) is 4.19. The lowest BCUT2D eigenvalue weighted by Crippen LogP contribution is -2.58. The molecule has 474 valence electrons. The molecule has 12 unspecified atom stereocenters. The number of aromatic hydroxyl groups is 4. The van der Waals surface area contributed by atoms with Gasteiger partial charge in [-0.3, -0.25) is 46.9 Å². The van der Waals surface area contributed by atoms with E-state index in [-0.39, 0.29) is 93.6 Å². The molecule has 0 aromatic heterocycles. The van der Waals surface area contributed by atoms with E-state index in [1.165, 1.54) is 38.1 Å². The third-order valence-corrected chi connectivity index (χ3v) is 19.0. The highest BCUT2D eigenvalue weighted by Crippen LogP contribution is 2.54. The summed E-state index contributed by atoms with van der Waals surface area (Å²) in [6.45, 7) is 7.70. The lowest BCUT2D eigenvalue weighted by molar-refractivity contribution is -0.254. The van der Waals surface area contributed by atoms with Crippen LogP contribution in [0.1, 0.15) is 152 Å². The second-order valence-corrected chi connectivity index (χ2v) is 27.4. The zero-order valence-electron chi connectivity index (χ0n) is 48.6. The number of phenolic OH excluding ortho intramolecular Hbond substituents is 4. The van der Waals surface area contributed by atoms with Gasteiger partial charge in [-0.1, -0.05) is 48.5 Å². The summed E-state index contributed by atoms with van der Waals surface area (Å²) < 4.78 is 83.6. The SMILES string of the molecule is CC(=O)C1(O)Cc2c(O)c3c(c(O)c2C(OC2CC(N(CCCl)CCCl)C(OS(C)(=O)=O)C(C)O2)C1)C(=O)c1ccccc1C3=O.CC(=O)C1(O)Cc2c(O)c3c(c(O)c2C(OC2CC(N4CC4)C(OS(C)(=O)=O)C(C)O2)C1)C(=O)c1ccccc1C3=O. The van der Waals surface area contributed by atoms with Crippen LogP contribution in [0, 0.1) is 0 Å². The molecule has 24 nitrogen and oxygen atoms in total. The molecule has 3 heterocycles. The van der Waals surface area contributed by atoms with Crippen LogP contribution < -0.4 is 0 Å². The smallest absolute Gasteiger partial charge is 0.264 e. The number of halogens is 2. The van der Waals surface area contributed by atoms with Gasteiger partial charge < -0.3 is 49.6 Å². The van der Waals surface area contributed by atoms with Gasteiger partial charge in [0.2, 0.25) is 0 Å². The van der Waals surface area contributed by atoms with Crippen molar-refractivity contribution in [2.75, 3.05) is 50.5 Å². The number of benzene rings is 4. The number of ketones is 6. The molecule has 3 saturated heterocycles. The molecule has 28 heteroatoms. The van der Waals surface area contributed by atoms with Gasteiger partial charge in [-0.15, -0.1) is 23.2 Å². The molecule has 0 bridgehead atoms. The second-order valence-electron chi connectivity index (χ2n) is 23.4. The molecule has 0 saturated carbocycles. The van der Waals surface area contributed by atoms with E-state index < -0.39 is 174 Å². The van der Waals surface area contributed by atoms with Crippen LogP contribution in [0.2, 0.25) is 0 Å². The first-order valence-corrected chi connectivity index (χ1v) is 33.0. The van der Waals surface area contributed by atoms with Gasteiger partial charge in [0.1, 0.15) is 46.4 Å². The Hall–Kier alpha value is -5.82. The molecule has 6 N–H and O–H groups in total. The Labute approximate surface area is 516 Å². The van der Waals surface area contributed by atoms with Gasteiger partial charge in [0.15, 0.2) is 47.3 Å². The third-order valence-electron chi connectivity index (χ3n) is 17.5. The standard InChI is InChI=1S/C31H35Cl2NO11S.C29H31NO11S/c1-15-30(45-46(3,41)42)20(34(10-8-32)11-9-33)12-22(43-15)44-21-14-31(40,16(2)35)13-19-23(21)29(39)25-24(28(19)38)26(36)17-6-4-5-7-18(17)27(25)37;1-13-28(41-42(3,37)38)18(30-8-9-30)10-20(39-13)40-19-12-29(36,14(2)31)11-17-21(19)27(35)23-22(26(17)34)24(32)15-6-4-5-7-16(15)25(23)33/h4-7,15,20-22,30,38-40H,8-14H2,1-3H3;4-7,13,18-20,28,34-36H,8-12H2,1-3H3. The summed E-state index contributed by atoms with van der Waals surface area (Å²) in [7, 11) is -7.71. The Morgan fingerprint density at radius 2 is 0.955 bits per heavy atom. The zero-order chi connectivity index (χ0) is 64.0. The van der Waals surface area contributed by atoms with Gasteiger partial charge in [0, 0.05) is 133 Å². The van der Waals surface area contributed by atoms with Gasteiger partial charge in [-0.25, -0.2) is 0 Å². The summed E-state index contributed by atoms with van der Waals surface area (Å²) in [6.07, 6.45) is -7.54. The lowest BCUT2D eigenvalue weighted by atomic mass is 9.72. The van der Waals surface area contributed by atoms with Gasteiger partial charge >= 0.3 is 0 Å². The number of phenols is 4. The van der Waals surface area contributed by atoms with Crippen molar-refractivity contribution < 1.29 is 104 Å². The molecule has 12 atom stereocenters. The number of ether oxygens (including phenoxy) is 4. The molecule has 4 aliphatic carbocycles. The number of nitrogens with zero attached hydrogens (tertiary/aromatic N) is 2. The number of fused-ring (bicyclic) bond motifs is 6. The fourth-order valence-corrected chi connectivity index (χ4v) is 15.0. The van der Waals surface area contributed by atoms with Crippen LogP contribution in [0.4, 0.5) is 0 Å². The van der Waals surface area contributed by atoms with Crippen molar-refractivity contribution in [1.29, 1.82) is 0 Å². The number of carbonyl (C=O) groups excluding carboxylic acids is 6. The Morgan fingerprint density at radius 3 is 1.31 bits per heavy atom. The molecular weight excluding hydrogens is 1240 g/mol. The number of aliphatic hydroxyl groups is 2. The van der Waals surface area contributed by atoms with Crippen molar-refractivity contribution in [3.8, 4) is 23.0 Å². The molecule has 4 aromatic rings. The van der Waals surface area contributed by atoms with Crippen molar-refractivity contribution in [3.63, 3.8) is 0 Å². The number of carbonyl (C=O) groups is 6. The minimum atomic E-state index is -3.92. The van der Waals surface area contributed by atoms with Crippen molar-refractivity contribution >= 4 is 78.1 Å². The first kappa shape index (κ1) is 65.1.